The highest BCUT2D eigenvalue weighted by molar-refractivity contribution is 5.75. The number of rotatable bonds is 7. The first-order valence-corrected chi connectivity index (χ1v) is 9.69. The zero-order chi connectivity index (χ0) is 19.8. The molecule has 29 heavy (non-hydrogen) atoms. The van der Waals surface area contributed by atoms with Crippen LogP contribution in [0.1, 0.15) is 18.3 Å². The number of hydrogen-bond donors (Lipinski definition) is 0. The van der Waals surface area contributed by atoms with E-state index in [1.165, 1.54) is 0 Å². The van der Waals surface area contributed by atoms with Crippen molar-refractivity contribution in [1.82, 2.24) is 28.7 Å². The lowest BCUT2D eigenvalue weighted by molar-refractivity contribution is -0.0231. The lowest BCUT2D eigenvalue weighted by Gasteiger charge is -2.26. The van der Waals surface area contributed by atoms with E-state index in [1.807, 2.05) is 22.8 Å². The summed E-state index contributed by atoms with van der Waals surface area (Å²) in [6, 6.07) is 5.86. The van der Waals surface area contributed by atoms with Crippen LogP contribution in [0.25, 0.3) is 22.2 Å². The fraction of sp³-hybridized carbons (Fsp3) is 0.400. The molecule has 4 aromatic rings. The molecule has 0 bridgehead atoms. The molecule has 0 spiro atoms. The van der Waals surface area contributed by atoms with Crippen molar-refractivity contribution in [3.63, 3.8) is 0 Å². The van der Waals surface area contributed by atoms with E-state index in [4.69, 9.17) is 14.5 Å². The van der Waals surface area contributed by atoms with E-state index in [9.17, 15) is 4.79 Å². The van der Waals surface area contributed by atoms with Gasteiger partial charge in [0.1, 0.15) is 5.82 Å². The van der Waals surface area contributed by atoms with Crippen molar-refractivity contribution in [2.75, 3.05) is 26.9 Å². The maximum atomic E-state index is 13.3. The van der Waals surface area contributed by atoms with E-state index in [0.717, 1.165) is 35.3 Å². The molecule has 5 rings (SSSR count). The van der Waals surface area contributed by atoms with E-state index in [2.05, 4.69) is 14.5 Å². The van der Waals surface area contributed by atoms with Gasteiger partial charge in [-0.2, -0.15) is 0 Å². The lowest BCUT2D eigenvalue weighted by Crippen LogP contribution is -2.38. The zero-order valence-electron chi connectivity index (χ0n) is 16.2. The summed E-state index contributed by atoms with van der Waals surface area (Å²) in [7, 11) is 1.69. The molecule has 0 aliphatic carbocycles. The van der Waals surface area contributed by atoms with Crippen molar-refractivity contribution in [2.24, 2.45) is 0 Å². The summed E-state index contributed by atoms with van der Waals surface area (Å²) >= 11 is 0. The molecule has 0 radical (unpaired) electrons. The number of ether oxygens (including phenoxy) is 2. The minimum atomic E-state index is -0.0650. The molecule has 1 aliphatic heterocycles. The van der Waals surface area contributed by atoms with Gasteiger partial charge in [-0.3, -0.25) is 14.1 Å². The van der Waals surface area contributed by atoms with Crippen molar-refractivity contribution < 1.29 is 9.47 Å². The van der Waals surface area contributed by atoms with Crippen LogP contribution in [0, 0.1) is 0 Å². The van der Waals surface area contributed by atoms with Crippen LogP contribution in [-0.2, 0) is 22.6 Å². The van der Waals surface area contributed by atoms with Gasteiger partial charge in [-0.25, -0.2) is 14.8 Å². The molecule has 9 heteroatoms. The third-order valence-corrected chi connectivity index (χ3v) is 5.38. The smallest absolute Gasteiger partial charge is 0.329 e. The summed E-state index contributed by atoms with van der Waals surface area (Å²) in [5, 5.41) is 0. The Hall–Kier alpha value is -3.04. The molecular formula is C20H22N6O3. The van der Waals surface area contributed by atoms with Crippen LogP contribution in [0.5, 0.6) is 0 Å². The Bertz CT molecular complexity index is 1220. The molecule has 4 aromatic heterocycles. The number of hydrogen-bond acceptors (Lipinski definition) is 6. The molecule has 0 N–H and O–H groups in total. The average Bonchev–Trinajstić information content (AvgIpc) is 3.18. The first-order chi connectivity index (χ1) is 14.3. The van der Waals surface area contributed by atoms with Crippen LogP contribution in [0.2, 0.25) is 0 Å². The van der Waals surface area contributed by atoms with Crippen molar-refractivity contribution >= 4 is 22.2 Å². The predicted octanol–water partition coefficient (Wildman–Crippen LogP) is 1.60. The standard InChI is InChI=1S/C20H22N6O3/c1-28-9-3-8-24-16-4-2-6-22-19(16)23-18(24)11-25-17-10-21-7-5-15(17)26(20(25)27)14-12-29-13-14/h2,4-7,10,14H,3,8-9,11-13H2,1H3. The van der Waals surface area contributed by atoms with Gasteiger partial charge in [-0.1, -0.05) is 0 Å². The predicted molar refractivity (Wildman–Crippen MR) is 107 cm³/mol. The van der Waals surface area contributed by atoms with Gasteiger partial charge in [0.25, 0.3) is 0 Å². The summed E-state index contributed by atoms with van der Waals surface area (Å²) in [5.41, 5.74) is 3.25. The van der Waals surface area contributed by atoms with Crippen LogP contribution in [0.3, 0.4) is 0 Å². The average molecular weight is 394 g/mol. The van der Waals surface area contributed by atoms with Gasteiger partial charge in [0, 0.05) is 32.7 Å². The third kappa shape index (κ3) is 3.02. The van der Waals surface area contributed by atoms with Crippen LogP contribution in [0.15, 0.2) is 41.6 Å². The normalized spacial score (nSPS) is 14.7. The van der Waals surface area contributed by atoms with Gasteiger partial charge in [0.15, 0.2) is 5.65 Å². The second-order valence-corrected chi connectivity index (χ2v) is 7.17. The molecule has 9 nitrogen and oxygen atoms in total. The van der Waals surface area contributed by atoms with E-state index >= 15 is 0 Å². The molecule has 150 valence electrons. The number of nitrogens with zero attached hydrogens (tertiary/aromatic N) is 6. The van der Waals surface area contributed by atoms with Crippen LogP contribution < -0.4 is 5.69 Å². The fourth-order valence-corrected chi connectivity index (χ4v) is 3.89. The minimum Gasteiger partial charge on any atom is -0.385 e. The quantitative estimate of drug-likeness (QED) is 0.443. The van der Waals surface area contributed by atoms with Crippen molar-refractivity contribution in [3.05, 3.63) is 53.1 Å². The Morgan fingerprint density at radius 3 is 2.86 bits per heavy atom. The summed E-state index contributed by atoms with van der Waals surface area (Å²) < 4.78 is 16.2. The number of imidazole rings is 2. The van der Waals surface area contributed by atoms with Gasteiger partial charge in [0.2, 0.25) is 0 Å². The molecule has 1 fully saturated rings. The molecule has 0 aromatic carbocycles. The number of aromatic nitrogens is 6. The Morgan fingerprint density at radius 1 is 1.17 bits per heavy atom. The number of pyridine rings is 2. The maximum Gasteiger partial charge on any atom is 0.329 e. The first-order valence-electron chi connectivity index (χ1n) is 9.69. The molecule has 0 saturated carbocycles. The number of methoxy groups -OCH3 is 1. The molecule has 1 saturated heterocycles. The second kappa shape index (κ2) is 7.41. The summed E-state index contributed by atoms with van der Waals surface area (Å²) in [5.74, 6) is 0.796. The van der Waals surface area contributed by atoms with E-state index in [1.54, 1.807) is 30.3 Å². The molecule has 1 aliphatic rings. The summed E-state index contributed by atoms with van der Waals surface area (Å²) in [4.78, 5) is 26.6. The minimum absolute atomic E-state index is 0.0650. The summed E-state index contributed by atoms with van der Waals surface area (Å²) in [6.45, 7) is 2.87. The molecule has 0 atom stereocenters. The Labute approximate surface area is 166 Å². The van der Waals surface area contributed by atoms with Crippen molar-refractivity contribution in [3.8, 4) is 0 Å². The third-order valence-electron chi connectivity index (χ3n) is 5.38. The largest absolute Gasteiger partial charge is 0.385 e. The first kappa shape index (κ1) is 18.0. The highest BCUT2D eigenvalue weighted by Gasteiger charge is 2.27. The van der Waals surface area contributed by atoms with Gasteiger partial charge < -0.3 is 14.0 Å². The molecule has 5 heterocycles. The topological polar surface area (TPSA) is 89.0 Å². The molecule has 0 amide bonds. The van der Waals surface area contributed by atoms with E-state index in [-0.39, 0.29) is 11.7 Å². The van der Waals surface area contributed by atoms with Gasteiger partial charge in [0.05, 0.1) is 48.5 Å². The highest BCUT2D eigenvalue weighted by Crippen LogP contribution is 2.23. The Balaban J connectivity index is 1.61. The SMILES string of the molecule is COCCCn1c(Cn2c(=O)n(C3COC3)c3ccncc32)nc2ncccc21. The number of aryl methyl sites for hydroxylation is 1. The monoisotopic (exact) mass is 394 g/mol. The highest BCUT2D eigenvalue weighted by atomic mass is 16.5. The molecule has 0 unspecified atom stereocenters. The summed E-state index contributed by atoms with van der Waals surface area (Å²) in [6.07, 6.45) is 6.04. The van der Waals surface area contributed by atoms with Crippen LogP contribution in [-0.4, -0.2) is 55.6 Å². The number of fused-ring (bicyclic) bond motifs is 2. The van der Waals surface area contributed by atoms with Crippen molar-refractivity contribution in [2.45, 2.75) is 25.6 Å². The van der Waals surface area contributed by atoms with Gasteiger partial charge >= 0.3 is 5.69 Å². The van der Waals surface area contributed by atoms with Gasteiger partial charge in [-0.15, -0.1) is 0 Å². The van der Waals surface area contributed by atoms with Crippen LogP contribution >= 0.6 is 0 Å². The van der Waals surface area contributed by atoms with E-state index in [0.29, 0.717) is 32.0 Å². The van der Waals surface area contributed by atoms with E-state index < -0.39 is 0 Å². The zero-order valence-corrected chi connectivity index (χ0v) is 16.2. The van der Waals surface area contributed by atoms with Crippen LogP contribution in [0.4, 0.5) is 0 Å². The molecular weight excluding hydrogens is 372 g/mol. The Kier molecular flexibility index (Phi) is 4.61. The van der Waals surface area contributed by atoms with Gasteiger partial charge in [-0.05, 0) is 24.6 Å². The second-order valence-electron chi connectivity index (χ2n) is 7.17. The van der Waals surface area contributed by atoms with Crippen molar-refractivity contribution in [1.29, 1.82) is 0 Å². The maximum absolute atomic E-state index is 13.3. The Morgan fingerprint density at radius 2 is 2.07 bits per heavy atom. The lowest BCUT2D eigenvalue weighted by atomic mass is 10.2. The fourth-order valence-electron chi connectivity index (χ4n) is 3.89.